The minimum atomic E-state index is 0.434. The molecule has 1 nitrogen and oxygen atoms in total. The van der Waals surface area contributed by atoms with Crippen LogP contribution in [0.15, 0.2) is 30.3 Å². The molecule has 0 unspecified atom stereocenters. The predicted octanol–water partition coefficient (Wildman–Crippen LogP) is 2.75. The lowest BCUT2D eigenvalue weighted by Gasteiger charge is -2.28. The van der Waals surface area contributed by atoms with Crippen molar-refractivity contribution in [1.29, 1.82) is 0 Å². The zero-order chi connectivity index (χ0) is 9.80. The van der Waals surface area contributed by atoms with Crippen molar-refractivity contribution in [2.75, 3.05) is 0 Å². The van der Waals surface area contributed by atoms with Crippen LogP contribution >= 0.6 is 0 Å². The van der Waals surface area contributed by atoms with Gasteiger partial charge in [0.15, 0.2) is 0 Å². The highest BCUT2D eigenvalue weighted by Crippen LogP contribution is 2.25. The molecule has 1 aromatic carbocycles. The summed E-state index contributed by atoms with van der Waals surface area (Å²) in [5, 5.41) is 0. The van der Waals surface area contributed by atoms with Gasteiger partial charge in [-0.1, -0.05) is 43.2 Å². The molecular weight excluding hydrogens is 170 g/mol. The molecular formula is C13H19N. The third-order valence-corrected chi connectivity index (χ3v) is 3.31. The molecule has 1 fully saturated rings. The van der Waals surface area contributed by atoms with Gasteiger partial charge in [-0.05, 0) is 30.7 Å². The van der Waals surface area contributed by atoms with Gasteiger partial charge in [0.25, 0.3) is 0 Å². The molecule has 0 amide bonds. The zero-order valence-electron chi connectivity index (χ0n) is 8.65. The molecule has 1 aliphatic carbocycles. The molecule has 1 saturated carbocycles. The van der Waals surface area contributed by atoms with Gasteiger partial charge in [0, 0.05) is 6.04 Å². The molecule has 2 atom stereocenters. The fourth-order valence-corrected chi connectivity index (χ4v) is 2.41. The second kappa shape index (κ2) is 4.61. The minimum absolute atomic E-state index is 0.434. The molecule has 2 N–H and O–H groups in total. The molecule has 0 aromatic heterocycles. The lowest BCUT2D eigenvalue weighted by Crippen LogP contribution is -2.34. The van der Waals surface area contributed by atoms with E-state index in [1.807, 2.05) is 0 Å². The molecule has 0 aliphatic heterocycles. The predicted molar refractivity (Wildman–Crippen MR) is 60.1 cm³/mol. The van der Waals surface area contributed by atoms with Gasteiger partial charge in [0.1, 0.15) is 0 Å². The highest BCUT2D eigenvalue weighted by atomic mass is 14.7. The van der Waals surface area contributed by atoms with Crippen LogP contribution in [0.4, 0.5) is 0 Å². The van der Waals surface area contributed by atoms with Crippen molar-refractivity contribution in [3.05, 3.63) is 35.9 Å². The molecule has 14 heavy (non-hydrogen) atoms. The van der Waals surface area contributed by atoms with Crippen LogP contribution < -0.4 is 5.73 Å². The quantitative estimate of drug-likeness (QED) is 0.760. The normalized spacial score (nSPS) is 27.5. The highest BCUT2D eigenvalue weighted by Gasteiger charge is 2.21. The Balaban J connectivity index is 1.96. The van der Waals surface area contributed by atoms with Crippen LogP contribution in [0.3, 0.4) is 0 Å². The Kier molecular flexibility index (Phi) is 3.20. The second-order valence-corrected chi connectivity index (χ2v) is 4.40. The molecule has 76 valence electrons. The fraction of sp³-hybridized carbons (Fsp3) is 0.538. The van der Waals surface area contributed by atoms with Gasteiger partial charge in [-0.2, -0.15) is 0 Å². The summed E-state index contributed by atoms with van der Waals surface area (Å²) in [5.74, 6) is 0.714. The summed E-state index contributed by atoms with van der Waals surface area (Å²) in [6, 6.07) is 11.2. The van der Waals surface area contributed by atoms with Crippen LogP contribution in [0.1, 0.15) is 31.2 Å². The third kappa shape index (κ3) is 2.36. The van der Waals surface area contributed by atoms with Gasteiger partial charge in [-0.3, -0.25) is 0 Å². The summed E-state index contributed by atoms with van der Waals surface area (Å²) in [6.07, 6.45) is 6.40. The SMILES string of the molecule is N[C@H]1CCCC[C@@H]1Cc1ccccc1. The Hall–Kier alpha value is -0.820. The molecule has 0 heterocycles. The standard InChI is InChI=1S/C13H19N/c14-13-9-5-4-8-12(13)10-11-6-2-1-3-7-11/h1-3,6-7,12-13H,4-5,8-10,14H2/t12-,13+/m1/s1. The number of rotatable bonds is 2. The number of benzene rings is 1. The summed E-state index contributed by atoms with van der Waals surface area (Å²) >= 11 is 0. The van der Waals surface area contributed by atoms with Gasteiger partial charge < -0.3 is 5.73 Å². The fourth-order valence-electron chi connectivity index (χ4n) is 2.41. The van der Waals surface area contributed by atoms with Crippen molar-refractivity contribution in [3.8, 4) is 0 Å². The number of nitrogens with two attached hydrogens (primary N) is 1. The molecule has 0 bridgehead atoms. The monoisotopic (exact) mass is 189 g/mol. The third-order valence-electron chi connectivity index (χ3n) is 3.31. The zero-order valence-corrected chi connectivity index (χ0v) is 8.65. The smallest absolute Gasteiger partial charge is 0.00703 e. The minimum Gasteiger partial charge on any atom is -0.327 e. The van der Waals surface area contributed by atoms with E-state index >= 15 is 0 Å². The van der Waals surface area contributed by atoms with Crippen molar-refractivity contribution in [3.63, 3.8) is 0 Å². The second-order valence-electron chi connectivity index (χ2n) is 4.40. The van der Waals surface area contributed by atoms with E-state index in [0.717, 1.165) is 0 Å². The Labute approximate surface area is 86.3 Å². The van der Waals surface area contributed by atoms with Gasteiger partial charge in [0.2, 0.25) is 0 Å². The van der Waals surface area contributed by atoms with E-state index in [9.17, 15) is 0 Å². The Morgan fingerprint density at radius 2 is 1.79 bits per heavy atom. The molecule has 2 rings (SSSR count). The molecule has 0 saturated heterocycles. The van der Waals surface area contributed by atoms with Gasteiger partial charge in [-0.25, -0.2) is 0 Å². The summed E-state index contributed by atoms with van der Waals surface area (Å²) in [5.41, 5.74) is 7.57. The van der Waals surface area contributed by atoms with Crippen molar-refractivity contribution >= 4 is 0 Å². The van der Waals surface area contributed by atoms with E-state index in [-0.39, 0.29) is 0 Å². The Morgan fingerprint density at radius 3 is 2.50 bits per heavy atom. The summed E-state index contributed by atoms with van der Waals surface area (Å²) in [4.78, 5) is 0. The van der Waals surface area contributed by atoms with E-state index in [2.05, 4.69) is 30.3 Å². The first-order chi connectivity index (χ1) is 6.86. The van der Waals surface area contributed by atoms with Crippen LogP contribution in [0.25, 0.3) is 0 Å². The first kappa shape index (κ1) is 9.72. The maximum Gasteiger partial charge on any atom is 0.00703 e. The average Bonchev–Trinajstić information content (AvgIpc) is 2.23. The first-order valence-electron chi connectivity index (χ1n) is 5.66. The van der Waals surface area contributed by atoms with Crippen molar-refractivity contribution in [1.82, 2.24) is 0 Å². The van der Waals surface area contributed by atoms with Crippen LogP contribution in [0, 0.1) is 5.92 Å². The summed E-state index contributed by atoms with van der Waals surface area (Å²) in [6.45, 7) is 0. The molecule has 1 heteroatoms. The maximum atomic E-state index is 6.13. The lowest BCUT2D eigenvalue weighted by molar-refractivity contribution is 0.306. The topological polar surface area (TPSA) is 26.0 Å². The number of hydrogen-bond donors (Lipinski definition) is 1. The van der Waals surface area contributed by atoms with Gasteiger partial charge >= 0.3 is 0 Å². The average molecular weight is 189 g/mol. The van der Waals surface area contributed by atoms with E-state index in [1.165, 1.54) is 37.7 Å². The Morgan fingerprint density at radius 1 is 1.07 bits per heavy atom. The highest BCUT2D eigenvalue weighted by molar-refractivity contribution is 5.15. The van der Waals surface area contributed by atoms with Crippen LogP contribution in [-0.2, 0) is 6.42 Å². The number of hydrogen-bond acceptors (Lipinski definition) is 1. The molecule has 1 aromatic rings. The summed E-state index contributed by atoms with van der Waals surface area (Å²) in [7, 11) is 0. The van der Waals surface area contributed by atoms with E-state index in [4.69, 9.17) is 5.73 Å². The molecule has 0 radical (unpaired) electrons. The van der Waals surface area contributed by atoms with Crippen LogP contribution in [0.5, 0.6) is 0 Å². The van der Waals surface area contributed by atoms with Crippen molar-refractivity contribution in [2.24, 2.45) is 11.7 Å². The van der Waals surface area contributed by atoms with Crippen LogP contribution in [0.2, 0.25) is 0 Å². The summed E-state index contributed by atoms with van der Waals surface area (Å²) < 4.78 is 0. The van der Waals surface area contributed by atoms with Crippen LogP contribution in [-0.4, -0.2) is 6.04 Å². The van der Waals surface area contributed by atoms with Gasteiger partial charge in [-0.15, -0.1) is 0 Å². The first-order valence-corrected chi connectivity index (χ1v) is 5.66. The lowest BCUT2D eigenvalue weighted by atomic mass is 9.81. The van der Waals surface area contributed by atoms with E-state index in [0.29, 0.717) is 12.0 Å². The van der Waals surface area contributed by atoms with E-state index < -0.39 is 0 Å². The van der Waals surface area contributed by atoms with Crippen molar-refractivity contribution < 1.29 is 0 Å². The Bertz CT molecular complexity index is 268. The van der Waals surface area contributed by atoms with Crippen molar-refractivity contribution in [2.45, 2.75) is 38.1 Å². The van der Waals surface area contributed by atoms with Gasteiger partial charge in [0.05, 0.1) is 0 Å². The molecule has 1 aliphatic rings. The maximum absolute atomic E-state index is 6.13. The largest absolute Gasteiger partial charge is 0.327 e. The molecule has 0 spiro atoms. The van der Waals surface area contributed by atoms with E-state index in [1.54, 1.807) is 0 Å².